The summed E-state index contributed by atoms with van der Waals surface area (Å²) in [5.74, 6) is -1.08. The Hall–Kier alpha value is -1.38. The number of aromatic nitrogens is 1. The van der Waals surface area contributed by atoms with Crippen molar-refractivity contribution in [1.82, 2.24) is 0 Å². The van der Waals surface area contributed by atoms with E-state index in [1.165, 1.54) is 12.1 Å². The summed E-state index contributed by atoms with van der Waals surface area (Å²) in [5, 5.41) is 8.89. The van der Waals surface area contributed by atoms with Crippen LogP contribution in [0, 0.1) is 6.92 Å². The van der Waals surface area contributed by atoms with Crippen LogP contribution < -0.4 is 9.67 Å². The number of carbonyl (C=O) groups excluding carboxylic acids is 1. The molecule has 1 rings (SSSR count). The first-order chi connectivity index (χ1) is 6.57. The van der Waals surface area contributed by atoms with E-state index >= 15 is 0 Å². The van der Waals surface area contributed by atoms with Gasteiger partial charge in [0, 0.05) is 31.4 Å². The summed E-state index contributed by atoms with van der Waals surface area (Å²) in [6.45, 7) is 6.43. The Morgan fingerprint density at radius 2 is 2.07 bits per heavy atom. The second kappa shape index (κ2) is 7.06. The third-order valence-electron chi connectivity index (χ3n) is 1.63. The van der Waals surface area contributed by atoms with Gasteiger partial charge in [-0.05, 0) is 6.92 Å². The Bertz CT molecular complexity index is 280. The van der Waals surface area contributed by atoms with Gasteiger partial charge in [-0.15, -0.1) is 0 Å². The van der Waals surface area contributed by atoms with Crippen molar-refractivity contribution in [3.63, 3.8) is 0 Å². The van der Waals surface area contributed by atoms with Crippen LogP contribution >= 0.6 is 0 Å². The molecule has 0 bridgehead atoms. The molecule has 0 aromatic carbocycles. The number of aliphatic carboxylic acids is 1. The van der Waals surface area contributed by atoms with Crippen LogP contribution in [0.25, 0.3) is 0 Å². The minimum absolute atomic E-state index is 0.972. The Kier molecular flexibility index (Phi) is 6.37. The van der Waals surface area contributed by atoms with Gasteiger partial charge in [-0.25, -0.2) is 4.57 Å². The lowest BCUT2D eigenvalue weighted by Crippen LogP contribution is -2.35. The molecule has 0 amide bonds. The van der Waals surface area contributed by atoms with Gasteiger partial charge in [0.1, 0.15) is 6.54 Å². The van der Waals surface area contributed by atoms with Gasteiger partial charge < -0.3 is 9.90 Å². The van der Waals surface area contributed by atoms with E-state index in [1.807, 2.05) is 0 Å². The lowest BCUT2D eigenvalue weighted by atomic mass is 10.3. The number of hydrogen-bond donors (Lipinski definition) is 0. The fourth-order valence-electron chi connectivity index (χ4n) is 1.05. The van der Waals surface area contributed by atoms with Crippen molar-refractivity contribution in [3.05, 3.63) is 30.1 Å². The molecular weight excluding hydrogens is 178 g/mol. The molecule has 0 atom stereocenters. The van der Waals surface area contributed by atoms with E-state index in [1.54, 1.807) is 0 Å². The molecule has 0 radical (unpaired) electrons. The van der Waals surface area contributed by atoms with Gasteiger partial charge in [0.15, 0.2) is 11.9 Å². The van der Waals surface area contributed by atoms with Crippen molar-refractivity contribution in [3.8, 4) is 0 Å². The maximum absolute atomic E-state index is 8.89. The highest BCUT2D eigenvalue weighted by Gasteiger charge is 1.99. The van der Waals surface area contributed by atoms with Crippen molar-refractivity contribution in [1.29, 1.82) is 0 Å². The first-order valence-corrected chi connectivity index (χ1v) is 4.70. The quantitative estimate of drug-likeness (QED) is 0.643. The molecule has 0 fully saturated rings. The van der Waals surface area contributed by atoms with Gasteiger partial charge in [-0.3, -0.25) is 0 Å². The molecule has 1 aromatic rings. The zero-order valence-corrected chi connectivity index (χ0v) is 8.99. The van der Waals surface area contributed by atoms with Gasteiger partial charge in [0.2, 0.25) is 0 Å². The van der Waals surface area contributed by atoms with Crippen LogP contribution in [0.2, 0.25) is 0 Å². The number of carboxylic acids is 1. The van der Waals surface area contributed by atoms with Crippen LogP contribution in [0.15, 0.2) is 24.4 Å². The Morgan fingerprint density at radius 1 is 1.50 bits per heavy atom. The predicted octanol–water partition coefficient (Wildman–Crippen LogP) is 0.449. The second-order valence-corrected chi connectivity index (χ2v) is 3.03. The summed E-state index contributed by atoms with van der Waals surface area (Å²) >= 11 is 0. The number of carbonyl (C=O) groups is 1. The first kappa shape index (κ1) is 12.6. The number of nitrogens with zero attached hydrogens (tertiary/aromatic N) is 1. The highest BCUT2D eigenvalue weighted by atomic mass is 16.4. The number of pyridine rings is 1. The molecular formula is C11H17NO2. The lowest BCUT2D eigenvalue weighted by Gasteiger charge is -1.95. The summed E-state index contributed by atoms with van der Waals surface area (Å²) in [6, 6.07) is 6.28. The average molecular weight is 195 g/mol. The number of hydrogen-bond acceptors (Lipinski definition) is 2. The van der Waals surface area contributed by atoms with Crippen LogP contribution in [-0.4, -0.2) is 5.97 Å². The van der Waals surface area contributed by atoms with Crippen LogP contribution in [0.3, 0.4) is 0 Å². The van der Waals surface area contributed by atoms with E-state index < -0.39 is 5.97 Å². The fourth-order valence-corrected chi connectivity index (χ4v) is 1.05. The molecule has 0 aliphatic heterocycles. The maximum Gasteiger partial charge on any atom is 0.178 e. The third-order valence-corrected chi connectivity index (χ3v) is 1.63. The van der Waals surface area contributed by atoms with E-state index in [-0.39, 0.29) is 0 Å². The standard InChI is InChI=1S/C9H14N.C2H4O2/c1-3-7-10-8-5-4-6-9(10)2;1-2(3)4/h4-6,8H,3,7H2,1-2H3;1H3,(H,3,4)/q+1;/p-1. The van der Waals surface area contributed by atoms with Gasteiger partial charge >= 0.3 is 0 Å². The summed E-state index contributed by atoms with van der Waals surface area (Å²) < 4.78 is 2.26. The average Bonchev–Trinajstić information content (AvgIpc) is 2.08. The SMILES string of the molecule is CC(=O)[O-].CCC[n+]1ccccc1C. The molecule has 3 heteroatoms. The minimum Gasteiger partial charge on any atom is -0.550 e. The highest BCUT2D eigenvalue weighted by Crippen LogP contribution is 1.87. The van der Waals surface area contributed by atoms with Crippen LogP contribution in [0.1, 0.15) is 26.0 Å². The monoisotopic (exact) mass is 195 g/mol. The second-order valence-electron chi connectivity index (χ2n) is 3.03. The van der Waals surface area contributed by atoms with Crippen LogP contribution in [-0.2, 0) is 11.3 Å². The Labute approximate surface area is 85.0 Å². The van der Waals surface area contributed by atoms with Crippen LogP contribution in [0.5, 0.6) is 0 Å². The van der Waals surface area contributed by atoms with Gasteiger partial charge in [-0.2, -0.15) is 0 Å². The Morgan fingerprint density at radius 3 is 2.50 bits per heavy atom. The molecule has 78 valence electrons. The number of carboxylic acid groups (broad SMARTS) is 1. The van der Waals surface area contributed by atoms with E-state index in [0.29, 0.717) is 0 Å². The fraction of sp³-hybridized carbons (Fsp3) is 0.455. The van der Waals surface area contributed by atoms with Crippen molar-refractivity contribution in [2.75, 3.05) is 0 Å². The smallest absolute Gasteiger partial charge is 0.178 e. The largest absolute Gasteiger partial charge is 0.550 e. The molecule has 0 aliphatic carbocycles. The predicted molar refractivity (Wildman–Crippen MR) is 52.3 cm³/mol. The normalized spacial score (nSPS) is 8.79. The number of aryl methyl sites for hydroxylation is 2. The zero-order valence-electron chi connectivity index (χ0n) is 8.99. The molecule has 1 aromatic heterocycles. The Balaban J connectivity index is 0.000000364. The van der Waals surface area contributed by atoms with Crippen LogP contribution in [0.4, 0.5) is 0 Å². The van der Waals surface area contributed by atoms with Gasteiger partial charge in [0.25, 0.3) is 0 Å². The van der Waals surface area contributed by atoms with E-state index in [2.05, 4.69) is 42.8 Å². The molecule has 1 heterocycles. The number of rotatable bonds is 2. The lowest BCUT2D eigenvalue weighted by molar-refractivity contribution is -0.702. The molecule has 0 saturated carbocycles. The molecule has 0 saturated heterocycles. The molecule has 14 heavy (non-hydrogen) atoms. The maximum atomic E-state index is 8.89. The van der Waals surface area contributed by atoms with Crippen molar-refractivity contribution >= 4 is 5.97 Å². The van der Waals surface area contributed by atoms with Gasteiger partial charge in [-0.1, -0.05) is 13.0 Å². The summed E-state index contributed by atoms with van der Waals surface area (Å²) in [7, 11) is 0. The van der Waals surface area contributed by atoms with Crippen molar-refractivity contribution in [2.45, 2.75) is 33.7 Å². The third kappa shape index (κ3) is 6.17. The molecule has 0 N–H and O–H groups in total. The zero-order chi connectivity index (χ0) is 11.0. The topological polar surface area (TPSA) is 44.0 Å². The minimum atomic E-state index is -1.08. The molecule has 0 spiro atoms. The van der Waals surface area contributed by atoms with Gasteiger partial charge in [0.05, 0.1) is 0 Å². The van der Waals surface area contributed by atoms with Crippen molar-refractivity contribution in [2.24, 2.45) is 0 Å². The van der Waals surface area contributed by atoms with Crippen molar-refractivity contribution < 1.29 is 14.5 Å². The first-order valence-electron chi connectivity index (χ1n) is 4.70. The summed E-state index contributed by atoms with van der Waals surface area (Å²) in [5.41, 5.74) is 1.34. The summed E-state index contributed by atoms with van der Waals surface area (Å²) in [6.07, 6.45) is 3.33. The molecule has 0 unspecified atom stereocenters. The van der Waals surface area contributed by atoms with E-state index in [4.69, 9.17) is 9.90 Å². The highest BCUT2D eigenvalue weighted by molar-refractivity contribution is 5.60. The molecule has 3 nitrogen and oxygen atoms in total. The van der Waals surface area contributed by atoms with E-state index in [9.17, 15) is 0 Å². The van der Waals surface area contributed by atoms with E-state index in [0.717, 1.165) is 13.5 Å². The molecule has 0 aliphatic rings. The summed E-state index contributed by atoms with van der Waals surface area (Å²) in [4.78, 5) is 8.89.